The number of benzene rings is 1. The molecule has 0 spiro atoms. The molecular formula is C21H18FN5O2. The molecule has 1 aliphatic carbocycles. The summed E-state index contributed by atoms with van der Waals surface area (Å²) in [6.07, 6.45) is 3.42. The Hall–Kier alpha value is -3.55. The molecule has 1 amide bonds. The molecule has 0 unspecified atom stereocenters. The number of anilines is 1. The van der Waals surface area contributed by atoms with Gasteiger partial charge in [-0.05, 0) is 43.5 Å². The van der Waals surface area contributed by atoms with Gasteiger partial charge in [-0.3, -0.25) is 9.20 Å². The molecule has 29 heavy (non-hydrogen) atoms. The third-order valence-electron chi connectivity index (χ3n) is 5.27. The number of amides is 1. The van der Waals surface area contributed by atoms with Gasteiger partial charge in [-0.2, -0.15) is 4.98 Å². The first-order valence-electron chi connectivity index (χ1n) is 9.40. The highest BCUT2D eigenvalue weighted by Crippen LogP contribution is 2.38. The van der Waals surface area contributed by atoms with Crippen molar-refractivity contribution in [3.8, 4) is 11.4 Å². The van der Waals surface area contributed by atoms with E-state index in [1.165, 1.54) is 0 Å². The molecule has 0 radical (unpaired) electrons. The maximum Gasteiger partial charge on any atom is 0.274 e. The van der Waals surface area contributed by atoms with Crippen LogP contribution < -0.4 is 5.32 Å². The SMILES string of the molecule is Cc1ccc(-c2noc(C3CC(F)C3)n2)cc1NC(=O)c1cnc2ccccn12. The number of aromatic nitrogens is 4. The molecule has 4 aromatic rings. The zero-order chi connectivity index (χ0) is 20.0. The minimum Gasteiger partial charge on any atom is -0.339 e. The molecule has 1 aliphatic rings. The predicted octanol–water partition coefficient (Wildman–Crippen LogP) is 4.16. The fourth-order valence-corrected chi connectivity index (χ4v) is 3.45. The Labute approximate surface area is 165 Å². The molecule has 7 nitrogen and oxygen atoms in total. The van der Waals surface area contributed by atoms with Gasteiger partial charge in [0.1, 0.15) is 17.5 Å². The van der Waals surface area contributed by atoms with E-state index < -0.39 is 6.17 Å². The number of nitrogens with zero attached hydrogens (tertiary/aromatic N) is 4. The van der Waals surface area contributed by atoms with Crippen LogP contribution in [0, 0.1) is 6.92 Å². The van der Waals surface area contributed by atoms with Crippen molar-refractivity contribution in [2.45, 2.75) is 31.9 Å². The summed E-state index contributed by atoms with van der Waals surface area (Å²) in [5, 5.41) is 6.96. The minimum atomic E-state index is -0.781. The van der Waals surface area contributed by atoms with Crippen LogP contribution in [0.25, 0.3) is 17.0 Å². The number of carbonyl (C=O) groups is 1. The van der Waals surface area contributed by atoms with Gasteiger partial charge in [0.2, 0.25) is 11.7 Å². The quantitative estimate of drug-likeness (QED) is 0.565. The Bertz CT molecular complexity index is 1210. The molecule has 146 valence electrons. The van der Waals surface area contributed by atoms with E-state index in [4.69, 9.17) is 4.52 Å². The summed E-state index contributed by atoms with van der Waals surface area (Å²) in [6.45, 7) is 1.91. The van der Waals surface area contributed by atoms with Crippen molar-refractivity contribution in [2.24, 2.45) is 0 Å². The average molecular weight is 391 g/mol. The molecule has 1 aromatic carbocycles. The van der Waals surface area contributed by atoms with Crippen LogP contribution in [0.1, 0.15) is 40.7 Å². The van der Waals surface area contributed by atoms with Gasteiger partial charge in [0.05, 0.1) is 6.20 Å². The number of imidazole rings is 1. The third-order valence-corrected chi connectivity index (χ3v) is 5.27. The third kappa shape index (κ3) is 3.16. The average Bonchev–Trinajstić information content (AvgIpc) is 3.34. The molecule has 3 aromatic heterocycles. The van der Waals surface area contributed by atoms with E-state index in [2.05, 4.69) is 20.4 Å². The summed E-state index contributed by atoms with van der Waals surface area (Å²) in [7, 11) is 0. The summed E-state index contributed by atoms with van der Waals surface area (Å²) in [6, 6.07) is 11.1. The summed E-state index contributed by atoms with van der Waals surface area (Å²) in [5.74, 6) is 0.616. The van der Waals surface area contributed by atoms with Crippen LogP contribution in [0.5, 0.6) is 0 Å². The Morgan fingerprint density at radius 1 is 1.28 bits per heavy atom. The molecule has 0 saturated heterocycles. The van der Waals surface area contributed by atoms with Crippen LogP contribution in [0.3, 0.4) is 0 Å². The van der Waals surface area contributed by atoms with Crippen molar-refractivity contribution in [2.75, 3.05) is 5.32 Å². The summed E-state index contributed by atoms with van der Waals surface area (Å²) in [5.41, 5.74) is 3.42. The fraction of sp³-hybridized carbons (Fsp3) is 0.238. The Morgan fingerprint density at radius 3 is 2.97 bits per heavy atom. The number of halogens is 1. The van der Waals surface area contributed by atoms with Crippen LogP contribution in [0.2, 0.25) is 0 Å². The summed E-state index contributed by atoms with van der Waals surface area (Å²) >= 11 is 0. The number of carbonyl (C=O) groups excluding carboxylic acids is 1. The number of fused-ring (bicyclic) bond motifs is 1. The van der Waals surface area contributed by atoms with Crippen molar-refractivity contribution in [1.29, 1.82) is 0 Å². The van der Waals surface area contributed by atoms with Crippen molar-refractivity contribution in [3.05, 3.63) is 65.9 Å². The molecule has 0 aliphatic heterocycles. The van der Waals surface area contributed by atoms with Crippen LogP contribution in [-0.4, -0.2) is 31.6 Å². The molecule has 0 bridgehead atoms. The second-order valence-electron chi connectivity index (χ2n) is 7.28. The van der Waals surface area contributed by atoms with Gasteiger partial charge in [-0.25, -0.2) is 9.37 Å². The second-order valence-corrected chi connectivity index (χ2v) is 7.28. The lowest BCUT2D eigenvalue weighted by molar-refractivity contribution is 0.102. The number of rotatable bonds is 4. The monoisotopic (exact) mass is 391 g/mol. The first-order valence-corrected chi connectivity index (χ1v) is 9.40. The van der Waals surface area contributed by atoms with Crippen LogP contribution >= 0.6 is 0 Å². The number of alkyl halides is 1. The lowest BCUT2D eigenvalue weighted by Crippen LogP contribution is -2.22. The molecule has 1 fully saturated rings. The number of nitrogens with one attached hydrogen (secondary N) is 1. The van der Waals surface area contributed by atoms with E-state index in [-0.39, 0.29) is 11.8 Å². The van der Waals surface area contributed by atoms with Crippen molar-refractivity contribution >= 4 is 17.2 Å². The van der Waals surface area contributed by atoms with Gasteiger partial charge in [0, 0.05) is 23.4 Å². The highest BCUT2D eigenvalue weighted by molar-refractivity contribution is 6.04. The largest absolute Gasteiger partial charge is 0.339 e. The predicted molar refractivity (Wildman–Crippen MR) is 104 cm³/mol. The van der Waals surface area contributed by atoms with E-state index in [1.807, 2.05) is 43.3 Å². The second kappa shape index (κ2) is 6.80. The highest BCUT2D eigenvalue weighted by atomic mass is 19.1. The Kier molecular flexibility index (Phi) is 4.12. The molecule has 0 atom stereocenters. The van der Waals surface area contributed by atoms with E-state index in [1.54, 1.807) is 16.8 Å². The van der Waals surface area contributed by atoms with E-state index in [0.717, 1.165) is 11.1 Å². The van der Waals surface area contributed by atoms with Crippen LogP contribution in [-0.2, 0) is 0 Å². The standard InChI is InChI=1S/C21H18FN5O2/c1-12-5-6-13(19-25-21(29-26-19)14-8-15(22)9-14)10-16(12)24-20(28)17-11-23-18-4-2-3-7-27(17)18/h2-7,10-11,14-15H,8-9H2,1H3,(H,24,28). The van der Waals surface area contributed by atoms with E-state index in [9.17, 15) is 9.18 Å². The summed E-state index contributed by atoms with van der Waals surface area (Å²) in [4.78, 5) is 21.5. The maximum absolute atomic E-state index is 13.1. The van der Waals surface area contributed by atoms with Gasteiger partial charge in [0.15, 0.2) is 0 Å². The van der Waals surface area contributed by atoms with Crippen molar-refractivity contribution in [3.63, 3.8) is 0 Å². The first kappa shape index (κ1) is 17.5. The van der Waals surface area contributed by atoms with Gasteiger partial charge in [0.25, 0.3) is 5.91 Å². The molecule has 1 N–H and O–H groups in total. The lowest BCUT2D eigenvalue weighted by atomic mass is 9.83. The van der Waals surface area contributed by atoms with E-state index in [0.29, 0.717) is 41.6 Å². The Balaban J connectivity index is 1.40. The van der Waals surface area contributed by atoms with Gasteiger partial charge in [-0.15, -0.1) is 0 Å². The molecule has 3 heterocycles. The number of aryl methyl sites for hydroxylation is 1. The zero-order valence-corrected chi connectivity index (χ0v) is 15.7. The maximum atomic E-state index is 13.1. The van der Waals surface area contributed by atoms with Crippen LogP contribution in [0.15, 0.2) is 53.3 Å². The van der Waals surface area contributed by atoms with E-state index >= 15 is 0 Å². The van der Waals surface area contributed by atoms with Gasteiger partial charge in [-0.1, -0.05) is 23.4 Å². The zero-order valence-electron chi connectivity index (χ0n) is 15.7. The molecule has 8 heteroatoms. The van der Waals surface area contributed by atoms with Crippen molar-refractivity contribution < 1.29 is 13.7 Å². The van der Waals surface area contributed by atoms with Crippen LogP contribution in [0.4, 0.5) is 10.1 Å². The fourth-order valence-electron chi connectivity index (χ4n) is 3.45. The van der Waals surface area contributed by atoms with Gasteiger partial charge >= 0.3 is 0 Å². The smallest absolute Gasteiger partial charge is 0.274 e. The number of hydrogen-bond donors (Lipinski definition) is 1. The lowest BCUT2D eigenvalue weighted by Gasteiger charge is -2.25. The topological polar surface area (TPSA) is 85.3 Å². The first-order chi connectivity index (χ1) is 14.1. The number of hydrogen-bond acceptors (Lipinski definition) is 5. The minimum absolute atomic E-state index is 0.00832. The molecule has 5 rings (SSSR count). The molecular weight excluding hydrogens is 373 g/mol. The molecule has 1 saturated carbocycles. The number of pyridine rings is 1. The summed E-state index contributed by atoms with van der Waals surface area (Å²) < 4.78 is 20.1. The highest BCUT2D eigenvalue weighted by Gasteiger charge is 2.34. The Morgan fingerprint density at radius 2 is 2.14 bits per heavy atom. The van der Waals surface area contributed by atoms with Gasteiger partial charge < -0.3 is 9.84 Å². The van der Waals surface area contributed by atoms with Crippen molar-refractivity contribution in [1.82, 2.24) is 19.5 Å². The normalized spacial score (nSPS) is 18.6.